The molecule has 0 bridgehead atoms. The number of ether oxygens (including phenoxy) is 1. The van der Waals surface area contributed by atoms with E-state index in [9.17, 15) is 14.7 Å². The summed E-state index contributed by atoms with van der Waals surface area (Å²) in [6.07, 6.45) is 3.86. The summed E-state index contributed by atoms with van der Waals surface area (Å²) in [6, 6.07) is 19.5. The Hall–Kier alpha value is -4.56. The van der Waals surface area contributed by atoms with Gasteiger partial charge in [0.05, 0.1) is 7.11 Å². The number of carbonyl (C=O) groups is 2. The van der Waals surface area contributed by atoms with Crippen molar-refractivity contribution in [2.75, 3.05) is 19.0 Å². The molecule has 1 atom stereocenters. The molecule has 42 heavy (non-hydrogen) atoms. The number of hydrogen-bond acceptors (Lipinski definition) is 5. The molecule has 1 aliphatic heterocycles. The van der Waals surface area contributed by atoms with Gasteiger partial charge in [0.25, 0.3) is 5.91 Å². The predicted octanol–water partition coefficient (Wildman–Crippen LogP) is 6.87. The molecule has 1 amide bonds. The first kappa shape index (κ1) is 29.0. The van der Waals surface area contributed by atoms with Gasteiger partial charge in [-0.3, -0.25) is 19.5 Å². The van der Waals surface area contributed by atoms with Crippen LogP contribution in [-0.2, 0) is 11.3 Å². The van der Waals surface area contributed by atoms with Crippen molar-refractivity contribution in [2.45, 2.75) is 45.7 Å². The monoisotopic (exact) mass is 567 g/mol. The fraction of sp³-hybridized carbons (Fsp3) is 0.265. The van der Waals surface area contributed by atoms with Crippen LogP contribution in [0.1, 0.15) is 46.4 Å². The smallest absolute Gasteiger partial charge is 0.320 e. The molecule has 0 saturated carbocycles. The summed E-state index contributed by atoms with van der Waals surface area (Å²) in [7, 11) is 1.50. The van der Waals surface area contributed by atoms with Crippen molar-refractivity contribution in [2.24, 2.45) is 0 Å². The van der Waals surface area contributed by atoms with Gasteiger partial charge in [-0.15, -0.1) is 0 Å². The number of pyridine rings is 1. The maximum absolute atomic E-state index is 15.7. The molecule has 5 rings (SSSR count). The zero-order valence-corrected chi connectivity index (χ0v) is 24.0. The standard InChI is InChI=1S/C34H34FN3O4/c1-21-24(23-18-28(35)27(32(19-23)42-3)20-38-17-7-5-15-31(38)34(40)41)10-8-11-25(21)26-12-9-14-29(22(26)2)37-33(39)30-13-4-6-16-36-30/h4,6,8-14,16,18-19,31H,5,7,15,17,20H2,1-3H3,(H,37,39)(H,40,41)/t31-/m0/s1. The van der Waals surface area contributed by atoms with E-state index >= 15 is 4.39 Å². The molecule has 1 saturated heterocycles. The van der Waals surface area contributed by atoms with E-state index in [0.717, 1.165) is 40.7 Å². The van der Waals surface area contributed by atoms with Crippen LogP contribution in [0.15, 0.2) is 72.9 Å². The molecule has 1 aromatic heterocycles. The molecule has 0 unspecified atom stereocenters. The molecule has 216 valence electrons. The Balaban J connectivity index is 1.47. The van der Waals surface area contributed by atoms with Gasteiger partial charge < -0.3 is 15.2 Å². The Morgan fingerprint density at radius 3 is 2.45 bits per heavy atom. The third-order valence-corrected chi connectivity index (χ3v) is 8.05. The quantitative estimate of drug-likeness (QED) is 0.241. The summed E-state index contributed by atoms with van der Waals surface area (Å²) in [6.45, 7) is 4.72. The Bertz CT molecular complexity index is 1620. The van der Waals surface area contributed by atoms with Crippen molar-refractivity contribution < 1.29 is 23.8 Å². The zero-order chi connectivity index (χ0) is 29.8. The van der Waals surface area contributed by atoms with E-state index in [4.69, 9.17) is 4.74 Å². The first-order chi connectivity index (χ1) is 20.3. The highest BCUT2D eigenvalue weighted by Crippen LogP contribution is 2.38. The highest BCUT2D eigenvalue weighted by Gasteiger charge is 2.30. The number of halogens is 1. The van der Waals surface area contributed by atoms with Crippen LogP contribution in [0.3, 0.4) is 0 Å². The van der Waals surface area contributed by atoms with Crippen molar-refractivity contribution >= 4 is 17.6 Å². The van der Waals surface area contributed by atoms with Gasteiger partial charge in [0, 0.05) is 24.0 Å². The molecule has 2 N–H and O–H groups in total. The average molecular weight is 568 g/mol. The third kappa shape index (κ3) is 5.90. The Labute approximate surface area is 245 Å². The summed E-state index contributed by atoms with van der Waals surface area (Å²) in [5.41, 5.74) is 6.64. The third-order valence-electron chi connectivity index (χ3n) is 8.05. The van der Waals surface area contributed by atoms with Crippen LogP contribution in [-0.4, -0.2) is 46.6 Å². The second-order valence-electron chi connectivity index (χ2n) is 10.6. The minimum atomic E-state index is -0.881. The van der Waals surface area contributed by atoms with Gasteiger partial charge in [-0.05, 0) is 96.9 Å². The van der Waals surface area contributed by atoms with Gasteiger partial charge in [0.1, 0.15) is 23.3 Å². The number of amides is 1. The first-order valence-electron chi connectivity index (χ1n) is 14.0. The summed E-state index contributed by atoms with van der Waals surface area (Å²) in [4.78, 5) is 30.5. The molecule has 7 nitrogen and oxygen atoms in total. The van der Waals surface area contributed by atoms with Crippen LogP contribution >= 0.6 is 0 Å². The molecule has 0 aliphatic carbocycles. The fourth-order valence-electron chi connectivity index (χ4n) is 5.75. The number of rotatable bonds is 8. The second kappa shape index (κ2) is 12.5. The number of carboxylic acids is 1. The SMILES string of the molecule is COc1cc(-c2cccc(-c3cccc(NC(=O)c4ccccn4)c3C)c2C)cc(F)c1CN1CCCC[C@H]1C(=O)O. The maximum atomic E-state index is 15.7. The maximum Gasteiger partial charge on any atom is 0.320 e. The van der Waals surface area contributed by atoms with Gasteiger partial charge in [-0.1, -0.05) is 42.8 Å². The molecule has 8 heteroatoms. The predicted molar refractivity (Wildman–Crippen MR) is 161 cm³/mol. The summed E-state index contributed by atoms with van der Waals surface area (Å²) in [5.74, 6) is -1.21. The Morgan fingerprint density at radius 2 is 1.74 bits per heavy atom. The number of hydrogen-bond donors (Lipinski definition) is 2. The number of aromatic nitrogens is 1. The van der Waals surface area contributed by atoms with E-state index < -0.39 is 17.8 Å². The number of carbonyl (C=O) groups excluding carboxylic acids is 1. The normalized spacial score (nSPS) is 15.3. The summed E-state index contributed by atoms with van der Waals surface area (Å²) < 4.78 is 21.3. The van der Waals surface area contributed by atoms with E-state index in [-0.39, 0.29) is 12.5 Å². The summed E-state index contributed by atoms with van der Waals surface area (Å²) >= 11 is 0. The number of nitrogens with one attached hydrogen (secondary N) is 1. The van der Waals surface area contributed by atoms with E-state index in [1.54, 1.807) is 24.4 Å². The van der Waals surface area contributed by atoms with Crippen LogP contribution in [0.4, 0.5) is 10.1 Å². The number of carboxylic acid groups (broad SMARTS) is 1. The highest BCUT2D eigenvalue weighted by molar-refractivity contribution is 6.03. The fourth-order valence-corrected chi connectivity index (χ4v) is 5.75. The van der Waals surface area contributed by atoms with Crippen LogP contribution < -0.4 is 10.1 Å². The molecule has 4 aromatic rings. The van der Waals surface area contributed by atoms with E-state index in [1.807, 2.05) is 61.2 Å². The van der Waals surface area contributed by atoms with Crippen LogP contribution in [0.2, 0.25) is 0 Å². The zero-order valence-electron chi connectivity index (χ0n) is 24.0. The van der Waals surface area contributed by atoms with Gasteiger partial charge >= 0.3 is 5.97 Å². The van der Waals surface area contributed by atoms with Crippen LogP contribution in [0.5, 0.6) is 5.75 Å². The van der Waals surface area contributed by atoms with Crippen LogP contribution in [0.25, 0.3) is 22.3 Å². The number of aliphatic carboxylic acids is 1. The molecule has 2 heterocycles. The van der Waals surface area contributed by atoms with Gasteiger partial charge in [-0.2, -0.15) is 0 Å². The molecular weight excluding hydrogens is 533 g/mol. The van der Waals surface area contributed by atoms with Crippen LogP contribution in [0, 0.1) is 19.7 Å². The topological polar surface area (TPSA) is 91.8 Å². The molecule has 0 spiro atoms. The lowest BCUT2D eigenvalue weighted by molar-refractivity contribution is -0.144. The van der Waals surface area contributed by atoms with Crippen molar-refractivity contribution in [3.8, 4) is 28.0 Å². The number of benzene rings is 3. The van der Waals surface area contributed by atoms with Crippen molar-refractivity contribution in [1.82, 2.24) is 9.88 Å². The molecule has 1 fully saturated rings. The average Bonchev–Trinajstić information content (AvgIpc) is 3.00. The van der Waals surface area contributed by atoms with E-state index in [0.29, 0.717) is 41.2 Å². The lowest BCUT2D eigenvalue weighted by atomic mass is 9.90. The lowest BCUT2D eigenvalue weighted by Crippen LogP contribution is -2.44. The second-order valence-corrected chi connectivity index (χ2v) is 10.6. The van der Waals surface area contributed by atoms with Crippen molar-refractivity contribution in [3.63, 3.8) is 0 Å². The van der Waals surface area contributed by atoms with E-state index in [2.05, 4.69) is 10.3 Å². The molecule has 0 radical (unpaired) electrons. The van der Waals surface area contributed by atoms with Gasteiger partial charge in [0.15, 0.2) is 0 Å². The van der Waals surface area contributed by atoms with Gasteiger partial charge in [0.2, 0.25) is 0 Å². The van der Waals surface area contributed by atoms with Crippen molar-refractivity contribution in [3.05, 3.63) is 101 Å². The molecule has 1 aliphatic rings. The van der Waals surface area contributed by atoms with E-state index in [1.165, 1.54) is 13.2 Å². The summed E-state index contributed by atoms with van der Waals surface area (Å²) in [5, 5.41) is 12.6. The Kier molecular flexibility index (Phi) is 8.64. The number of methoxy groups -OCH3 is 1. The molecule has 3 aromatic carbocycles. The number of anilines is 1. The van der Waals surface area contributed by atoms with Crippen molar-refractivity contribution in [1.29, 1.82) is 0 Å². The lowest BCUT2D eigenvalue weighted by Gasteiger charge is -2.33. The Morgan fingerprint density at radius 1 is 1.00 bits per heavy atom. The number of piperidine rings is 1. The minimum Gasteiger partial charge on any atom is -0.496 e. The molecular formula is C34H34FN3O4. The van der Waals surface area contributed by atoms with Gasteiger partial charge in [-0.25, -0.2) is 4.39 Å². The first-order valence-corrected chi connectivity index (χ1v) is 14.0. The number of likely N-dealkylation sites (tertiary alicyclic amines) is 1. The minimum absolute atomic E-state index is 0.168. The number of nitrogens with zero attached hydrogens (tertiary/aromatic N) is 2. The highest BCUT2D eigenvalue weighted by atomic mass is 19.1. The largest absolute Gasteiger partial charge is 0.496 e.